The van der Waals surface area contributed by atoms with E-state index in [1.54, 1.807) is 0 Å². The molecule has 4 N–H and O–H groups in total. The minimum atomic E-state index is -0.896. The Bertz CT molecular complexity index is 262. The molecule has 16 heavy (non-hydrogen) atoms. The topological polar surface area (TPSA) is 102 Å². The molecule has 6 nitrogen and oxygen atoms in total. The highest BCUT2D eigenvalue weighted by molar-refractivity contribution is 5.86. The second-order valence-electron chi connectivity index (χ2n) is 4.07. The Labute approximate surface area is 94.1 Å². The Morgan fingerprint density at radius 2 is 2.19 bits per heavy atom. The van der Waals surface area contributed by atoms with E-state index in [9.17, 15) is 9.59 Å². The molecule has 6 heteroatoms. The molecular formula is C10H18N2O4. The van der Waals surface area contributed by atoms with Crippen molar-refractivity contribution >= 4 is 11.9 Å². The number of hydrogen-bond donors (Lipinski definition) is 3. The molecule has 1 rings (SSSR count). The number of carboxylic acid groups (broad SMARTS) is 1. The number of carbonyl (C=O) groups is 2. The molecule has 0 aromatic rings. The van der Waals surface area contributed by atoms with E-state index < -0.39 is 11.5 Å². The molecular weight excluding hydrogens is 212 g/mol. The predicted octanol–water partition coefficient (Wildman–Crippen LogP) is -0.525. The van der Waals surface area contributed by atoms with Gasteiger partial charge in [-0.15, -0.1) is 0 Å². The van der Waals surface area contributed by atoms with E-state index in [0.29, 0.717) is 32.4 Å². The molecule has 92 valence electrons. The van der Waals surface area contributed by atoms with Crippen molar-refractivity contribution in [2.45, 2.75) is 31.2 Å². The Hall–Kier alpha value is -1.14. The van der Waals surface area contributed by atoms with E-state index in [0.717, 1.165) is 0 Å². The normalized spacial score (nSPS) is 24.3. The number of carbonyl (C=O) groups excluding carboxylic acids is 1. The van der Waals surface area contributed by atoms with Crippen molar-refractivity contribution in [3.8, 4) is 0 Å². The van der Waals surface area contributed by atoms with Gasteiger partial charge in [0.05, 0.1) is 6.61 Å². The number of unbranched alkanes of at least 4 members (excludes halogenated alkanes) is 1. The average Bonchev–Trinajstić information content (AvgIpc) is 2.65. The highest BCUT2D eigenvalue weighted by Crippen LogP contribution is 2.15. The Morgan fingerprint density at radius 3 is 2.75 bits per heavy atom. The summed E-state index contributed by atoms with van der Waals surface area (Å²) in [5.41, 5.74) is 4.94. The van der Waals surface area contributed by atoms with Crippen LogP contribution in [0.15, 0.2) is 0 Å². The molecule has 1 unspecified atom stereocenters. The second kappa shape index (κ2) is 5.81. The van der Waals surface area contributed by atoms with Crippen molar-refractivity contribution in [1.82, 2.24) is 5.32 Å². The van der Waals surface area contributed by atoms with Crippen LogP contribution < -0.4 is 11.1 Å². The van der Waals surface area contributed by atoms with Gasteiger partial charge in [-0.25, -0.2) is 0 Å². The zero-order valence-electron chi connectivity index (χ0n) is 9.20. The molecule has 1 fully saturated rings. The minimum Gasteiger partial charge on any atom is -0.481 e. The van der Waals surface area contributed by atoms with Gasteiger partial charge in [-0.2, -0.15) is 0 Å². The fraction of sp³-hybridized carbons (Fsp3) is 0.800. The zero-order valence-corrected chi connectivity index (χ0v) is 9.20. The highest BCUT2D eigenvalue weighted by Gasteiger charge is 2.37. The largest absolute Gasteiger partial charge is 0.481 e. The van der Waals surface area contributed by atoms with Crippen LogP contribution in [0, 0.1) is 0 Å². The molecule has 1 aliphatic rings. The standard InChI is InChI=1S/C10H18N2O4/c11-10(4-6-16-7-10)9(15)12-5-2-1-3-8(13)14/h1-7,11H2,(H,12,15)(H,13,14). The number of aliphatic carboxylic acids is 1. The van der Waals surface area contributed by atoms with Gasteiger partial charge in [0.1, 0.15) is 5.54 Å². The lowest BCUT2D eigenvalue weighted by Crippen LogP contribution is -2.54. The maximum Gasteiger partial charge on any atom is 0.303 e. The van der Waals surface area contributed by atoms with E-state index in [1.807, 2.05) is 0 Å². The van der Waals surface area contributed by atoms with E-state index in [4.69, 9.17) is 15.6 Å². The quantitative estimate of drug-likeness (QED) is 0.533. The van der Waals surface area contributed by atoms with Crippen molar-refractivity contribution in [3.05, 3.63) is 0 Å². The molecule has 1 atom stereocenters. The van der Waals surface area contributed by atoms with Crippen LogP contribution in [0.3, 0.4) is 0 Å². The molecule has 0 aromatic heterocycles. The number of amides is 1. The smallest absolute Gasteiger partial charge is 0.303 e. The summed E-state index contributed by atoms with van der Waals surface area (Å²) in [5.74, 6) is -1.02. The second-order valence-corrected chi connectivity index (χ2v) is 4.07. The number of ether oxygens (including phenoxy) is 1. The van der Waals surface area contributed by atoms with Gasteiger partial charge in [-0.1, -0.05) is 0 Å². The predicted molar refractivity (Wildman–Crippen MR) is 56.9 cm³/mol. The summed E-state index contributed by atoms with van der Waals surface area (Å²) in [7, 11) is 0. The molecule has 1 aliphatic heterocycles. The summed E-state index contributed by atoms with van der Waals surface area (Å²) >= 11 is 0. The summed E-state index contributed by atoms with van der Waals surface area (Å²) in [5, 5.41) is 11.1. The van der Waals surface area contributed by atoms with E-state index in [1.165, 1.54) is 0 Å². The molecule has 1 saturated heterocycles. The average molecular weight is 230 g/mol. The summed E-state index contributed by atoms with van der Waals surface area (Å²) in [6.07, 6.45) is 1.87. The first-order valence-electron chi connectivity index (χ1n) is 5.41. The SMILES string of the molecule is NC1(C(=O)NCCCCC(=O)O)CCOC1. The maximum atomic E-state index is 11.6. The van der Waals surface area contributed by atoms with Crippen LogP contribution in [-0.4, -0.2) is 42.3 Å². The van der Waals surface area contributed by atoms with E-state index >= 15 is 0 Å². The molecule has 1 heterocycles. The lowest BCUT2D eigenvalue weighted by molar-refractivity contribution is -0.137. The van der Waals surface area contributed by atoms with Crippen LogP contribution in [-0.2, 0) is 14.3 Å². The third kappa shape index (κ3) is 3.79. The molecule has 0 radical (unpaired) electrons. The van der Waals surface area contributed by atoms with Crippen LogP contribution in [0.1, 0.15) is 25.7 Å². The molecule has 0 spiro atoms. The maximum absolute atomic E-state index is 11.6. The third-order valence-corrected chi connectivity index (χ3v) is 2.61. The van der Waals surface area contributed by atoms with Crippen molar-refractivity contribution < 1.29 is 19.4 Å². The lowest BCUT2D eigenvalue weighted by Gasteiger charge is -2.20. The number of carboxylic acids is 1. The third-order valence-electron chi connectivity index (χ3n) is 2.61. The van der Waals surface area contributed by atoms with Gasteiger partial charge in [0, 0.05) is 19.6 Å². The van der Waals surface area contributed by atoms with Crippen molar-refractivity contribution in [2.24, 2.45) is 5.73 Å². The van der Waals surface area contributed by atoms with Gasteiger partial charge in [0.15, 0.2) is 0 Å². The first kappa shape index (κ1) is 12.9. The summed E-state index contributed by atoms with van der Waals surface area (Å²) < 4.78 is 5.08. The van der Waals surface area contributed by atoms with Crippen LogP contribution in [0.4, 0.5) is 0 Å². The Morgan fingerprint density at radius 1 is 1.44 bits per heavy atom. The minimum absolute atomic E-state index is 0.132. The van der Waals surface area contributed by atoms with E-state index in [-0.39, 0.29) is 18.9 Å². The number of rotatable bonds is 6. The number of nitrogens with one attached hydrogen (secondary N) is 1. The van der Waals surface area contributed by atoms with Gasteiger partial charge in [0.2, 0.25) is 5.91 Å². The highest BCUT2D eigenvalue weighted by atomic mass is 16.5. The number of nitrogens with two attached hydrogens (primary N) is 1. The molecule has 0 bridgehead atoms. The Kier molecular flexibility index (Phi) is 4.70. The lowest BCUT2D eigenvalue weighted by atomic mass is 9.99. The first-order valence-corrected chi connectivity index (χ1v) is 5.41. The van der Waals surface area contributed by atoms with Crippen LogP contribution >= 0.6 is 0 Å². The number of hydrogen-bond acceptors (Lipinski definition) is 4. The van der Waals surface area contributed by atoms with Gasteiger partial charge in [-0.05, 0) is 19.3 Å². The van der Waals surface area contributed by atoms with Crippen LogP contribution in [0.2, 0.25) is 0 Å². The van der Waals surface area contributed by atoms with Crippen LogP contribution in [0.5, 0.6) is 0 Å². The fourth-order valence-electron chi connectivity index (χ4n) is 1.54. The zero-order chi connectivity index (χ0) is 12.0. The van der Waals surface area contributed by atoms with E-state index in [2.05, 4.69) is 5.32 Å². The molecule has 1 amide bonds. The summed E-state index contributed by atoms with van der Waals surface area (Å²) in [4.78, 5) is 21.9. The fourth-order valence-corrected chi connectivity index (χ4v) is 1.54. The molecule has 0 aliphatic carbocycles. The van der Waals surface area contributed by atoms with Crippen molar-refractivity contribution in [2.75, 3.05) is 19.8 Å². The van der Waals surface area contributed by atoms with Crippen LogP contribution in [0.25, 0.3) is 0 Å². The van der Waals surface area contributed by atoms with Gasteiger partial charge < -0.3 is 20.9 Å². The molecule has 0 saturated carbocycles. The Balaban J connectivity index is 2.13. The summed E-state index contributed by atoms with van der Waals surface area (Å²) in [6.45, 7) is 1.24. The van der Waals surface area contributed by atoms with Gasteiger partial charge in [-0.3, -0.25) is 9.59 Å². The van der Waals surface area contributed by atoms with Crippen molar-refractivity contribution in [1.29, 1.82) is 0 Å². The van der Waals surface area contributed by atoms with Gasteiger partial charge >= 0.3 is 5.97 Å². The monoisotopic (exact) mass is 230 g/mol. The van der Waals surface area contributed by atoms with Crippen molar-refractivity contribution in [3.63, 3.8) is 0 Å². The van der Waals surface area contributed by atoms with Gasteiger partial charge in [0.25, 0.3) is 0 Å². The molecule has 0 aromatic carbocycles. The first-order chi connectivity index (χ1) is 7.54. The summed E-state index contributed by atoms with van der Waals surface area (Å²) in [6, 6.07) is 0.